The normalized spacial score (nSPS) is 15.3. The Labute approximate surface area is 130 Å². The van der Waals surface area contributed by atoms with Crippen LogP contribution in [-0.2, 0) is 14.4 Å². The van der Waals surface area contributed by atoms with E-state index in [-0.39, 0.29) is 18.3 Å². The zero-order valence-electron chi connectivity index (χ0n) is 13.5. The number of hydrogen-bond donors (Lipinski definition) is 5. The number of carboxylic acid groups (broad SMARTS) is 1. The molecule has 0 saturated heterocycles. The molecule has 0 aliphatic heterocycles. The van der Waals surface area contributed by atoms with Crippen LogP contribution < -0.4 is 16.4 Å². The summed E-state index contributed by atoms with van der Waals surface area (Å²) in [6.45, 7) is 6.60. The minimum absolute atomic E-state index is 0.0938. The highest BCUT2D eigenvalue weighted by Crippen LogP contribution is 2.08. The van der Waals surface area contributed by atoms with Gasteiger partial charge < -0.3 is 26.6 Å². The van der Waals surface area contributed by atoms with Gasteiger partial charge in [0, 0.05) is 0 Å². The van der Waals surface area contributed by atoms with E-state index in [1.165, 1.54) is 0 Å². The Morgan fingerprint density at radius 3 is 1.95 bits per heavy atom. The summed E-state index contributed by atoms with van der Waals surface area (Å²) in [7, 11) is 0. The first kappa shape index (κ1) is 20.3. The molecule has 22 heavy (non-hydrogen) atoms. The lowest BCUT2D eigenvalue weighted by atomic mass is 10.00. The highest BCUT2D eigenvalue weighted by molar-refractivity contribution is 5.91. The molecule has 0 aromatic rings. The van der Waals surface area contributed by atoms with Gasteiger partial charge in [0.05, 0.1) is 6.61 Å². The van der Waals surface area contributed by atoms with Gasteiger partial charge in [-0.15, -0.1) is 0 Å². The summed E-state index contributed by atoms with van der Waals surface area (Å²) in [5.41, 5.74) is 5.39. The number of rotatable bonds is 9. The van der Waals surface area contributed by atoms with Crippen molar-refractivity contribution in [3.05, 3.63) is 0 Å². The van der Waals surface area contributed by atoms with Gasteiger partial charge in [0.25, 0.3) is 0 Å². The van der Waals surface area contributed by atoms with E-state index in [0.29, 0.717) is 0 Å². The summed E-state index contributed by atoms with van der Waals surface area (Å²) < 4.78 is 0. The van der Waals surface area contributed by atoms with Crippen molar-refractivity contribution in [3.63, 3.8) is 0 Å². The van der Waals surface area contributed by atoms with Crippen molar-refractivity contribution in [2.24, 2.45) is 17.6 Å². The van der Waals surface area contributed by atoms with Gasteiger partial charge in [-0.3, -0.25) is 9.59 Å². The minimum Gasteiger partial charge on any atom is -0.480 e. The summed E-state index contributed by atoms with van der Waals surface area (Å²) >= 11 is 0. The Bertz CT molecular complexity index is 398. The second kappa shape index (κ2) is 9.37. The van der Waals surface area contributed by atoms with Crippen LogP contribution in [0.1, 0.15) is 34.1 Å². The number of carboxylic acids is 1. The fraction of sp³-hybridized carbons (Fsp3) is 0.786. The van der Waals surface area contributed by atoms with Gasteiger partial charge in [0.2, 0.25) is 11.8 Å². The number of carbonyl (C=O) groups is 3. The van der Waals surface area contributed by atoms with E-state index < -0.39 is 42.5 Å². The monoisotopic (exact) mass is 317 g/mol. The molecule has 0 spiro atoms. The minimum atomic E-state index is -1.13. The maximum absolute atomic E-state index is 12.2. The van der Waals surface area contributed by atoms with Crippen molar-refractivity contribution >= 4 is 17.8 Å². The first-order valence-corrected chi connectivity index (χ1v) is 7.30. The highest BCUT2D eigenvalue weighted by atomic mass is 16.4. The Morgan fingerprint density at radius 2 is 1.59 bits per heavy atom. The van der Waals surface area contributed by atoms with Crippen LogP contribution in [0.15, 0.2) is 0 Å². The Balaban J connectivity index is 4.91. The third kappa shape index (κ3) is 6.86. The fourth-order valence-electron chi connectivity index (χ4n) is 1.83. The third-order valence-corrected chi connectivity index (χ3v) is 3.10. The predicted octanol–water partition coefficient (Wildman–Crippen LogP) is -0.938. The van der Waals surface area contributed by atoms with Crippen molar-refractivity contribution in [1.29, 1.82) is 0 Å². The van der Waals surface area contributed by atoms with Crippen LogP contribution in [0, 0.1) is 11.8 Å². The molecule has 0 aromatic carbocycles. The van der Waals surface area contributed by atoms with E-state index in [0.717, 1.165) is 0 Å². The maximum Gasteiger partial charge on any atom is 0.326 e. The molecule has 0 bridgehead atoms. The fourth-order valence-corrected chi connectivity index (χ4v) is 1.83. The molecule has 8 heteroatoms. The molecule has 0 fully saturated rings. The van der Waals surface area contributed by atoms with E-state index in [1.54, 1.807) is 13.8 Å². The van der Waals surface area contributed by atoms with Crippen LogP contribution in [0.25, 0.3) is 0 Å². The summed E-state index contributed by atoms with van der Waals surface area (Å²) in [6.07, 6.45) is 0.288. The summed E-state index contributed by atoms with van der Waals surface area (Å²) in [5.74, 6) is -2.53. The van der Waals surface area contributed by atoms with Crippen LogP contribution in [0.3, 0.4) is 0 Å². The van der Waals surface area contributed by atoms with Gasteiger partial charge in [0.1, 0.15) is 18.1 Å². The molecule has 0 aliphatic rings. The number of aliphatic carboxylic acids is 1. The first-order valence-electron chi connectivity index (χ1n) is 7.30. The van der Waals surface area contributed by atoms with Gasteiger partial charge in [-0.25, -0.2) is 4.79 Å². The molecule has 6 N–H and O–H groups in total. The molecule has 0 unspecified atom stereocenters. The van der Waals surface area contributed by atoms with Crippen LogP contribution >= 0.6 is 0 Å². The lowest BCUT2D eigenvalue weighted by molar-refractivity contribution is -0.143. The van der Waals surface area contributed by atoms with Crippen molar-refractivity contribution in [2.45, 2.75) is 52.2 Å². The lowest BCUT2D eigenvalue weighted by Gasteiger charge is -2.25. The highest BCUT2D eigenvalue weighted by Gasteiger charge is 2.29. The van der Waals surface area contributed by atoms with E-state index in [1.807, 2.05) is 13.8 Å². The van der Waals surface area contributed by atoms with Crippen molar-refractivity contribution < 1.29 is 24.6 Å². The molecule has 0 rings (SSSR count). The zero-order valence-corrected chi connectivity index (χ0v) is 13.5. The molecule has 128 valence electrons. The number of hydrogen-bond acceptors (Lipinski definition) is 5. The van der Waals surface area contributed by atoms with Crippen molar-refractivity contribution in [3.8, 4) is 0 Å². The van der Waals surface area contributed by atoms with E-state index in [4.69, 9.17) is 15.9 Å². The molecule has 2 amide bonds. The second-order valence-electron chi connectivity index (χ2n) is 6.05. The first-order chi connectivity index (χ1) is 10.1. The molecule has 0 radical (unpaired) electrons. The predicted molar refractivity (Wildman–Crippen MR) is 80.9 cm³/mol. The van der Waals surface area contributed by atoms with Gasteiger partial charge in [-0.2, -0.15) is 0 Å². The van der Waals surface area contributed by atoms with Gasteiger partial charge in [-0.1, -0.05) is 27.7 Å². The number of nitrogens with one attached hydrogen (secondary N) is 2. The third-order valence-electron chi connectivity index (χ3n) is 3.10. The summed E-state index contributed by atoms with van der Waals surface area (Å²) in [6, 6.07) is -3.06. The van der Waals surface area contributed by atoms with E-state index in [9.17, 15) is 14.4 Å². The summed E-state index contributed by atoms with van der Waals surface area (Å²) in [5, 5.41) is 22.9. The largest absolute Gasteiger partial charge is 0.480 e. The molecule has 0 heterocycles. The molecular weight excluding hydrogens is 290 g/mol. The average Bonchev–Trinajstić information content (AvgIpc) is 2.41. The van der Waals surface area contributed by atoms with Crippen molar-refractivity contribution in [2.75, 3.05) is 6.61 Å². The molecule has 0 aromatic heterocycles. The SMILES string of the molecule is CC(C)C[C@H](NC(=O)[C@H](NC(=O)[C@H](N)CO)C(C)C)C(=O)O. The molecule has 0 saturated carbocycles. The zero-order chi connectivity index (χ0) is 17.4. The number of nitrogens with two attached hydrogens (primary N) is 1. The Morgan fingerprint density at radius 1 is 1.05 bits per heavy atom. The molecule has 3 atom stereocenters. The quantitative estimate of drug-likeness (QED) is 0.372. The Kier molecular flexibility index (Phi) is 8.66. The standard InChI is InChI=1S/C14H27N3O5/c1-7(2)5-10(14(21)22)16-13(20)11(8(3)4)17-12(19)9(15)6-18/h7-11,18H,5-6,15H2,1-4H3,(H,16,20)(H,17,19)(H,21,22)/t9-,10+,11-/m1/s1. The number of aliphatic hydroxyl groups excluding tert-OH is 1. The smallest absolute Gasteiger partial charge is 0.326 e. The average molecular weight is 317 g/mol. The Hall–Kier alpha value is -1.67. The van der Waals surface area contributed by atoms with Crippen LogP contribution in [0.4, 0.5) is 0 Å². The van der Waals surface area contributed by atoms with Crippen molar-refractivity contribution in [1.82, 2.24) is 10.6 Å². The molecule has 0 aliphatic carbocycles. The van der Waals surface area contributed by atoms with E-state index in [2.05, 4.69) is 10.6 Å². The van der Waals surface area contributed by atoms with Gasteiger partial charge in [-0.05, 0) is 18.3 Å². The molecular formula is C14H27N3O5. The number of aliphatic hydroxyl groups is 1. The molecule has 8 nitrogen and oxygen atoms in total. The topological polar surface area (TPSA) is 142 Å². The lowest BCUT2D eigenvalue weighted by Crippen LogP contribution is -2.57. The van der Waals surface area contributed by atoms with Gasteiger partial charge in [0.15, 0.2) is 0 Å². The van der Waals surface area contributed by atoms with Gasteiger partial charge >= 0.3 is 5.97 Å². The van der Waals surface area contributed by atoms with Crippen LogP contribution in [0.2, 0.25) is 0 Å². The van der Waals surface area contributed by atoms with Crippen LogP contribution in [0.5, 0.6) is 0 Å². The number of carbonyl (C=O) groups excluding carboxylic acids is 2. The second-order valence-corrected chi connectivity index (χ2v) is 6.05. The van der Waals surface area contributed by atoms with E-state index >= 15 is 0 Å². The number of amides is 2. The maximum atomic E-state index is 12.2. The van der Waals surface area contributed by atoms with Crippen LogP contribution in [-0.4, -0.2) is 52.7 Å². The summed E-state index contributed by atoms with van der Waals surface area (Å²) in [4.78, 5) is 35.1.